The average Bonchev–Trinajstić information content (AvgIpc) is 2.66. The van der Waals surface area contributed by atoms with Crippen LogP contribution in [0.2, 0.25) is 0 Å². The maximum Gasteiger partial charge on any atom is 0.321 e. The van der Waals surface area contributed by atoms with Gasteiger partial charge in [0.15, 0.2) is 0 Å². The number of nitrogens with zero attached hydrogens (tertiary/aromatic N) is 1. The van der Waals surface area contributed by atoms with Gasteiger partial charge in [-0.3, -0.25) is 4.79 Å². The molecule has 2 aromatic rings. The van der Waals surface area contributed by atoms with Crippen molar-refractivity contribution in [1.29, 1.82) is 0 Å². The van der Waals surface area contributed by atoms with Crippen molar-refractivity contribution in [3.63, 3.8) is 0 Å². The second-order valence-corrected chi connectivity index (χ2v) is 8.76. The molecule has 0 saturated carbocycles. The van der Waals surface area contributed by atoms with E-state index in [1.165, 1.54) is 27.4 Å². The Labute approximate surface area is 173 Å². The summed E-state index contributed by atoms with van der Waals surface area (Å²) >= 11 is 3.30. The van der Waals surface area contributed by atoms with Crippen molar-refractivity contribution in [1.82, 2.24) is 4.31 Å². The molecule has 152 valence electrons. The fourth-order valence-corrected chi connectivity index (χ4v) is 5.07. The molecular formula is C19H22BrNO6S. The fraction of sp³-hybridized carbons (Fsp3) is 0.316. The Morgan fingerprint density at radius 2 is 1.64 bits per heavy atom. The van der Waals surface area contributed by atoms with Gasteiger partial charge in [-0.15, -0.1) is 0 Å². The predicted molar refractivity (Wildman–Crippen MR) is 108 cm³/mol. The minimum Gasteiger partial charge on any atom is -0.497 e. The number of hydrogen-bond acceptors (Lipinski definition) is 6. The lowest BCUT2D eigenvalue weighted by Crippen LogP contribution is -2.36. The van der Waals surface area contributed by atoms with Gasteiger partial charge in [0.2, 0.25) is 10.0 Å². The summed E-state index contributed by atoms with van der Waals surface area (Å²) in [5, 5.41) is 0. The van der Waals surface area contributed by atoms with Crippen LogP contribution in [0.4, 0.5) is 0 Å². The number of carbonyl (C=O) groups is 1. The zero-order valence-electron chi connectivity index (χ0n) is 16.1. The van der Waals surface area contributed by atoms with Crippen molar-refractivity contribution in [3.05, 3.63) is 52.0 Å². The van der Waals surface area contributed by atoms with Gasteiger partial charge in [-0.2, -0.15) is 4.31 Å². The molecule has 0 aliphatic heterocycles. The Morgan fingerprint density at radius 1 is 1.04 bits per heavy atom. The van der Waals surface area contributed by atoms with Crippen LogP contribution in [0.5, 0.6) is 11.5 Å². The molecule has 2 aromatic carbocycles. The topological polar surface area (TPSA) is 82.1 Å². The SMILES string of the molecule is COC(=O)CN(Cc1cc(OC)cc(OC)c1)S(=O)(=O)c1ccc(C)cc1Br. The third-order valence-corrected chi connectivity index (χ3v) is 6.78. The Hall–Kier alpha value is -2.10. The molecule has 0 atom stereocenters. The molecule has 0 heterocycles. The predicted octanol–water partition coefficient (Wildman–Crippen LogP) is 3.14. The molecule has 0 radical (unpaired) electrons. The number of hydrogen-bond donors (Lipinski definition) is 0. The quantitative estimate of drug-likeness (QED) is 0.550. The number of rotatable bonds is 8. The zero-order chi connectivity index (χ0) is 20.9. The number of carbonyl (C=O) groups excluding carboxylic acids is 1. The summed E-state index contributed by atoms with van der Waals surface area (Å²) in [5.41, 5.74) is 1.51. The number of sulfonamides is 1. The van der Waals surface area contributed by atoms with Crippen molar-refractivity contribution in [3.8, 4) is 11.5 Å². The Morgan fingerprint density at radius 3 is 2.14 bits per heavy atom. The standard InChI is InChI=1S/C19H22BrNO6S/c1-13-5-6-18(17(20)7-13)28(23,24)21(12-19(22)27-4)11-14-8-15(25-2)10-16(9-14)26-3/h5-10H,11-12H2,1-4H3. The zero-order valence-corrected chi connectivity index (χ0v) is 18.5. The molecular weight excluding hydrogens is 450 g/mol. The lowest BCUT2D eigenvalue weighted by molar-refractivity contribution is -0.140. The van der Waals surface area contributed by atoms with Gasteiger partial charge >= 0.3 is 5.97 Å². The summed E-state index contributed by atoms with van der Waals surface area (Å²) in [6.45, 7) is 1.36. The van der Waals surface area contributed by atoms with E-state index in [1.54, 1.807) is 30.3 Å². The number of halogens is 1. The number of benzene rings is 2. The highest BCUT2D eigenvalue weighted by molar-refractivity contribution is 9.10. The van der Waals surface area contributed by atoms with Crippen LogP contribution < -0.4 is 9.47 Å². The van der Waals surface area contributed by atoms with Gasteiger partial charge < -0.3 is 14.2 Å². The van der Waals surface area contributed by atoms with Gasteiger partial charge in [0.05, 0.1) is 26.2 Å². The van der Waals surface area contributed by atoms with Crippen molar-refractivity contribution >= 4 is 31.9 Å². The van der Waals surface area contributed by atoms with E-state index < -0.39 is 22.5 Å². The summed E-state index contributed by atoms with van der Waals surface area (Å²) in [4.78, 5) is 12.0. The molecule has 0 saturated heterocycles. The summed E-state index contributed by atoms with van der Waals surface area (Å²) in [7, 11) is 0.235. The molecule has 0 amide bonds. The van der Waals surface area contributed by atoms with E-state index in [9.17, 15) is 13.2 Å². The van der Waals surface area contributed by atoms with E-state index >= 15 is 0 Å². The van der Waals surface area contributed by atoms with E-state index in [1.807, 2.05) is 6.92 Å². The first-order valence-electron chi connectivity index (χ1n) is 8.26. The van der Waals surface area contributed by atoms with Crippen LogP contribution in [0.3, 0.4) is 0 Å². The van der Waals surface area contributed by atoms with Crippen molar-refractivity contribution in [2.75, 3.05) is 27.9 Å². The van der Waals surface area contributed by atoms with Crippen LogP contribution >= 0.6 is 15.9 Å². The van der Waals surface area contributed by atoms with Crippen molar-refractivity contribution in [2.45, 2.75) is 18.4 Å². The van der Waals surface area contributed by atoms with E-state index in [0.717, 1.165) is 9.87 Å². The first-order valence-corrected chi connectivity index (χ1v) is 10.5. The fourth-order valence-electron chi connectivity index (χ4n) is 2.55. The number of methoxy groups -OCH3 is 3. The lowest BCUT2D eigenvalue weighted by Gasteiger charge is -2.22. The molecule has 0 fully saturated rings. The molecule has 2 rings (SSSR count). The van der Waals surface area contributed by atoms with Gasteiger partial charge in [-0.25, -0.2) is 8.42 Å². The summed E-state index contributed by atoms with van der Waals surface area (Å²) in [5.74, 6) is 0.365. The molecule has 0 aliphatic carbocycles. The summed E-state index contributed by atoms with van der Waals surface area (Å²) < 4.78 is 43.1. The first-order chi connectivity index (χ1) is 13.2. The van der Waals surface area contributed by atoms with Crippen LogP contribution in [0.25, 0.3) is 0 Å². The van der Waals surface area contributed by atoms with Gasteiger partial charge in [-0.05, 0) is 58.2 Å². The highest BCUT2D eigenvalue weighted by Gasteiger charge is 2.29. The Kier molecular flexibility index (Phi) is 7.45. The Balaban J connectivity index is 2.49. The molecule has 0 aliphatic rings. The smallest absolute Gasteiger partial charge is 0.321 e. The largest absolute Gasteiger partial charge is 0.497 e. The van der Waals surface area contributed by atoms with E-state index in [2.05, 4.69) is 20.7 Å². The minimum absolute atomic E-state index is 0.0642. The van der Waals surface area contributed by atoms with Crippen LogP contribution in [0.1, 0.15) is 11.1 Å². The van der Waals surface area contributed by atoms with E-state index in [4.69, 9.17) is 9.47 Å². The van der Waals surface area contributed by atoms with Crippen molar-refractivity contribution < 1.29 is 27.4 Å². The van der Waals surface area contributed by atoms with Crippen LogP contribution in [0, 0.1) is 6.92 Å². The molecule has 0 N–H and O–H groups in total. The molecule has 0 aromatic heterocycles. The van der Waals surface area contributed by atoms with Gasteiger partial charge in [0.25, 0.3) is 0 Å². The highest BCUT2D eigenvalue weighted by atomic mass is 79.9. The van der Waals surface area contributed by atoms with Gasteiger partial charge in [-0.1, -0.05) is 6.07 Å². The van der Waals surface area contributed by atoms with Crippen LogP contribution in [-0.4, -0.2) is 46.6 Å². The van der Waals surface area contributed by atoms with Crippen molar-refractivity contribution in [2.24, 2.45) is 0 Å². The third-order valence-electron chi connectivity index (χ3n) is 4.01. The maximum absolute atomic E-state index is 13.3. The lowest BCUT2D eigenvalue weighted by atomic mass is 10.2. The molecule has 0 unspecified atom stereocenters. The average molecular weight is 472 g/mol. The normalized spacial score (nSPS) is 11.4. The first kappa shape index (κ1) is 22.2. The number of esters is 1. The van der Waals surface area contributed by atoms with Gasteiger partial charge in [0, 0.05) is 17.1 Å². The van der Waals surface area contributed by atoms with Crippen LogP contribution in [0.15, 0.2) is 45.8 Å². The number of ether oxygens (including phenoxy) is 3. The summed E-state index contributed by atoms with van der Waals surface area (Å²) in [6.07, 6.45) is 0. The van der Waals surface area contributed by atoms with E-state index in [0.29, 0.717) is 21.5 Å². The van der Waals surface area contributed by atoms with E-state index in [-0.39, 0.29) is 11.4 Å². The minimum atomic E-state index is -3.99. The molecule has 7 nitrogen and oxygen atoms in total. The molecule has 0 bridgehead atoms. The Bertz CT molecular complexity index is 939. The summed E-state index contributed by atoms with van der Waals surface area (Å²) in [6, 6.07) is 9.96. The molecule has 9 heteroatoms. The van der Waals surface area contributed by atoms with Crippen LogP contribution in [-0.2, 0) is 26.1 Å². The monoisotopic (exact) mass is 471 g/mol. The molecule has 0 spiro atoms. The highest BCUT2D eigenvalue weighted by Crippen LogP contribution is 2.29. The maximum atomic E-state index is 13.3. The second-order valence-electron chi connectivity index (χ2n) is 6.00. The number of aryl methyl sites for hydroxylation is 1. The molecule has 28 heavy (non-hydrogen) atoms. The van der Waals surface area contributed by atoms with Gasteiger partial charge in [0.1, 0.15) is 18.0 Å². The second kappa shape index (κ2) is 9.40. The third kappa shape index (κ3) is 5.24.